The van der Waals surface area contributed by atoms with Crippen molar-refractivity contribution in [1.29, 1.82) is 0 Å². The van der Waals surface area contributed by atoms with Crippen LogP contribution >= 0.6 is 11.6 Å². The number of ketones is 1. The minimum absolute atomic E-state index is 0.0132. The first-order valence-corrected chi connectivity index (χ1v) is 17.3. The van der Waals surface area contributed by atoms with Gasteiger partial charge in [0, 0.05) is 29.6 Å². The number of hydrogen-bond acceptors (Lipinski definition) is 6. The van der Waals surface area contributed by atoms with Crippen LogP contribution in [0.1, 0.15) is 87.2 Å². The van der Waals surface area contributed by atoms with E-state index in [2.05, 4.69) is 9.62 Å². The van der Waals surface area contributed by atoms with Crippen LogP contribution in [-0.2, 0) is 27.8 Å². The number of Topliss-reactive ketones (excluding diaryl/α,β-unsaturated/α-hetero) is 1. The molecule has 5 atom stereocenters. The fourth-order valence-electron chi connectivity index (χ4n) is 6.91. The first-order chi connectivity index (χ1) is 20.0. The van der Waals surface area contributed by atoms with E-state index < -0.39 is 21.2 Å². The molecule has 0 aromatic heterocycles. The largest absolute Gasteiger partial charge is 0.487 e. The summed E-state index contributed by atoms with van der Waals surface area (Å²) in [5, 5.41) is -0.0321. The van der Waals surface area contributed by atoms with Crippen molar-refractivity contribution < 1.29 is 22.7 Å². The van der Waals surface area contributed by atoms with E-state index in [1.807, 2.05) is 25.1 Å². The second kappa shape index (κ2) is 13.0. The highest BCUT2D eigenvalue weighted by molar-refractivity contribution is 7.90. The Balaban J connectivity index is 1.54. The number of carbonyl (C=O) groups excluding carboxylic acids is 2. The zero-order valence-electron chi connectivity index (χ0n) is 24.9. The molecule has 2 bridgehead atoms. The molecule has 7 nitrogen and oxygen atoms in total. The molecule has 2 heterocycles. The standard InChI is InChI=1S/C33H43ClN2O5S/c1-21-7-6-9-29(22(2)37)30-14-11-26(30)19-36-16-5-4-8-24-17-28(34)13-10-27(24)20-41-32-15-12-25(18-31(32)36)33(38)35-42(39,40)23(21)3/h10,12-13,15,17-18,21,23,26,29-30H,4-9,11,14,16,19-20H2,1-3H3,(H,35,38)/t21-,23+,26-,29-,30+/m0/s1. The summed E-state index contributed by atoms with van der Waals surface area (Å²) >= 11 is 6.31. The number of nitrogens with one attached hydrogen (secondary N) is 1. The second-order valence-electron chi connectivity index (χ2n) is 12.6. The molecular weight excluding hydrogens is 572 g/mol. The van der Waals surface area contributed by atoms with E-state index >= 15 is 0 Å². The third-order valence-electron chi connectivity index (χ3n) is 9.91. The molecular formula is C33H43ClN2O5S. The van der Waals surface area contributed by atoms with Crippen LogP contribution in [0.2, 0.25) is 5.02 Å². The average molecular weight is 615 g/mol. The Hall–Kier alpha value is -2.58. The van der Waals surface area contributed by atoms with E-state index in [0.717, 1.165) is 69.3 Å². The highest BCUT2D eigenvalue weighted by atomic mass is 35.5. The number of ether oxygens (including phenoxy) is 1. The monoisotopic (exact) mass is 614 g/mol. The van der Waals surface area contributed by atoms with Gasteiger partial charge in [0.2, 0.25) is 10.0 Å². The van der Waals surface area contributed by atoms with Crippen molar-refractivity contribution in [2.45, 2.75) is 84.0 Å². The third-order valence-corrected chi connectivity index (χ3v) is 12.1. The fraction of sp³-hybridized carbons (Fsp3) is 0.576. The number of aryl methyl sites for hydroxylation is 1. The van der Waals surface area contributed by atoms with Crippen LogP contribution in [-0.4, -0.2) is 38.4 Å². The molecule has 0 saturated heterocycles. The van der Waals surface area contributed by atoms with Gasteiger partial charge in [0.15, 0.2) is 0 Å². The molecule has 1 saturated carbocycles. The number of sulfonamides is 1. The van der Waals surface area contributed by atoms with Gasteiger partial charge in [-0.15, -0.1) is 0 Å². The van der Waals surface area contributed by atoms with Crippen LogP contribution in [0.5, 0.6) is 5.75 Å². The maximum Gasteiger partial charge on any atom is 0.264 e. The van der Waals surface area contributed by atoms with Gasteiger partial charge < -0.3 is 9.64 Å². The highest BCUT2D eigenvalue weighted by Crippen LogP contribution is 2.44. The molecule has 1 aliphatic carbocycles. The van der Waals surface area contributed by atoms with Crippen LogP contribution in [0.3, 0.4) is 0 Å². The molecule has 1 fully saturated rings. The maximum absolute atomic E-state index is 13.3. The van der Waals surface area contributed by atoms with Crippen molar-refractivity contribution in [3.63, 3.8) is 0 Å². The molecule has 228 valence electrons. The molecule has 0 spiro atoms. The second-order valence-corrected chi connectivity index (χ2v) is 15.1. The number of carbonyl (C=O) groups is 2. The minimum Gasteiger partial charge on any atom is -0.487 e. The molecule has 1 N–H and O–H groups in total. The topological polar surface area (TPSA) is 92.8 Å². The molecule has 2 aliphatic heterocycles. The van der Waals surface area contributed by atoms with Crippen molar-refractivity contribution in [2.24, 2.45) is 23.7 Å². The molecule has 2 aromatic rings. The molecule has 1 amide bonds. The maximum atomic E-state index is 13.3. The predicted octanol–water partition coefficient (Wildman–Crippen LogP) is 6.56. The Bertz CT molecular complexity index is 1430. The summed E-state index contributed by atoms with van der Waals surface area (Å²) in [6, 6.07) is 11.1. The van der Waals surface area contributed by atoms with E-state index in [1.54, 1.807) is 32.0 Å². The first kappa shape index (κ1) is 30.9. The number of halogens is 1. The lowest BCUT2D eigenvalue weighted by molar-refractivity contribution is -0.125. The summed E-state index contributed by atoms with van der Waals surface area (Å²) in [6.07, 6.45) is 7.13. The van der Waals surface area contributed by atoms with Gasteiger partial charge in [-0.2, -0.15) is 0 Å². The van der Waals surface area contributed by atoms with Crippen LogP contribution in [0.25, 0.3) is 0 Å². The smallest absolute Gasteiger partial charge is 0.264 e. The summed E-state index contributed by atoms with van der Waals surface area (Å²) in [4.78, 5) is 28.5. The van der Waals surface area contributed by atoms with E-state index in [4.69, 9.17) is 16.3 Å². The average Bonchev–Trinajstić information content (AvgIpc) is 2.96. The van der Waals surface area contributed by atoms with Gasteiger partial charge in [-0.25, -0.2) is 13.1 Å². The third kappa shape index (κ3) is 6.80. The van der Waals surface area contributed by atoms with Gasteiger partial charge in [-0.1, -0.05) is 31.0 Å². The quantitative estimate of drug-likeness (QED) is 0.391. The van der Waals surface area contributed by atoms with Gasteiger partial charge in [0.25, 0.3) is 5.91 Å². The molecule has 5 rings (SSSR count). The fourth-order valence-corrected chi connectivity index (χ4v) is 8.42. The number of anilines is 1. The Kier molecular flexibility index (Phi) is 9.53. The first-order valence-electron chi connectivity index (χ1n) is 15.4. The highest BCUT2D eigenvalue weighted by Gasteiger charge is 2.40. The molecule has 2 aromatic carbocycles. The SMILES string of the molecule is CC(=O)[C@@H]1CCC[C@H](C)[C@@H](C)S(=O)(=O)NC(=O)c2ccc3c(c2)N(CCCCc2cc(Cl)ccc2CO3)C[C@@H]2CC[C@H]21. The predicted molar refractivity (Wildman–Crippen MR) is 167 cm³/mol. The zero-order valence-corrected chi connectivity index (χ0v) is 26.5. The van der Waals surface area contributed by atoms with Gasteiger partial charge in [-0.05, 0) is 118 Å². The van der Waals surface area contributed by atoms with Crippen LogP contribution in [0.4, 0.5) is 5.69 Å². The molecule has 0 radical (unpaired) electrons. The molecule has 3 aliphatic rings. The summed E-state index contributed by atoms with van der Waals surface area (Å²) in [5.74, 6) is 0.770. The number of nitrogens with zero attached hydrogens (tertiary/aromatic N) is 1. The normalized spacial score (nSPS) is 28.5. The number of amides is 1. The number of hydrogen-bond donors (Lipinski definition) is 1. The lowest BCUT2D eigenvalue weighted by Gasteiger charge is -2.44. The lowest BCUT2D eigenvalue weighted by atomic mass is 9.64. The van der Waals surface area contributed by atoms with Gasteiger partial charge in [-0.3, -0.25) is 9.59 Å². The zero-order chi connectivity index (χ0) is 30.0. The van der Waals surface area contributed by atoms with Gasteiger partial charge in [0.1, 0.15) is 18.1 Å². The summed E-state index contributed by atoms with van der Waals surface area (Å²) in [5.41, 5.74) is 3.33. The minimum atomic E-state index is -3.90. The lowest BCUT2D eigenvalue weighted by Crippen LogP contribution is -2.44. The Morgan fingerprint density at radius 2 is 1.81 bits per heavy atom. The van der Waals surface area contributed by atoms with Crippen LogP contribution < -0.4 is 14.4 Å². The number of rotatable bonds is 1. The Morgan fingerprint density at radius 3 is 2.55 bits per heavy atom. The van der Waals surface area contributed by atoms with E-state index in [1.165, 1.54) is 5.56 Å². The van der Waals surface area contributed by atoms with Crippen molar-refractivity contribution in [1.82, 2.24) is 4.72 Å². The Morgan fingerprint density at radius 1 is 1.00 bits per heavy atom. The van der Waals surface area contributed by atoms with Crippen molar-refractivity contribution >= 4 is 39.0 Å². The van der Waals surface area contributed by atoms with Crippen molar-refractivity contribution in [3.8, 4) is 5.75 Å². The molecule has 0 unspecified atom stereocenters. The van der Waals surface area contributed by atoms with E-state index in [-0.39, 0.29) is 23.2 Å². The number of benzene rings is 2. The number of fused-ring (bicyclic) bond motifs is 3. The van der Waals surface area contributed by atoms with Crippen LogP contribution in [0, 0.1) is 23.7 Å². The summed E-state index contributed by atoms with van der Waals surface area (Å²) in [7, 11) is -3.90. The van der Waals surface area contributed by atoms with Crippen LogP contribution in [0.15, 0.2) is 36.4 Å². The van der Waals surface area contributed by atoms with Crippen molar-refractivity contribution in [3.05, 3.63) is 58.1 Å². The van der Waals surface area contributed by atoms with Gasteiger partial charge >= 0.3 is 0 Å². The van der Waals surface area contributed by atoms with Gasteiger partial charge in [0.05, 0.1) is 10.9 Å². The van der Waals surface area contributed by atoms with Crippen molar-refractivity contribution in [2.75, 3.05) is 18.0 Å². The summed E-state index contributed by atoms with van der Waals surface area (Å²) in [6.45, 7) is 7.16. The Labute approximate surface area is 255 Å². The van der Waals surface area contributed by atoms with E-state index in [9.17, 15) is 18.0 Å². The van der Waals surface area contributed by atoms with E-state index in [0.29, 0.717) is 35.6 Å². The summed E-state index contributed by atoms with van der Waals surface area (Å²) < 4.78 is 35.2. The molecule has 42 heavy (non-hydrogen) atoms. The molecule has 9 heteroatoms.